The zero-order valence-electron chi connectivity index (χ0n) is 9.27. The predicted molar refractivity (Wildman–Crippen MR) is 59.2 cm³/mol. The number of nitrogens with one attached hydrogen (secondary N) is 1. The number of aromatic nitrogens is 2. The highest BCUT2D eigenvalue weighted by molar-refractivity contribution is 5.90. The number of amides is 1. The van der Waals surface area contributed by atoms with Crippen LogP contribution in [0.15, 0.2) is 12.4 Å². The maximum Gasteiger partial charge on any atom is 0.316 e. The Balaban J connectivity index is 1.85. The van der Waals surface area contributed by atoms with Gasteiger partial charge >= 0.3 is 6.01 Å². The second kappa shape index (κ2) is 4.92. The molecule has 2 rings (SSSR count). The molecule has 0 aliphatic heterocycles. The SMILES string of the molecule is CCOc1ncc(NC(=O)CC2CC2)cn1. The Labute approximate surface area is 94.2 Å². The number of carbonyl (C=O) groups is 1. The van der Waals surface area contributed by atoms with Crippen LogP contribution in [-0.2, 0) is 4.79 Å². The lowest BCUT2D eigenvalue weighted by atomic mass is 10.3. The number of rotatable bonds is 5. The van der Waals surface area contributed by atoms with E-state index < -0.39 is 0 Å². The molecule has 5 nitrogen and oxygen atoms in total. The van der Waals surface area contributed by atoms with Crippen LogP contribution in [0.4, 0.5) is 5.69 Å². The highest BCUT2D eigenvalue weighted by Gasteiger charge is 2.24. The van der Waals surface area contributed by atoms with Gasteiger partial charge in [-0.1, -0.05) is 0 Å². The smallest absolute Gasteiger partial charge is 0.316 e. The van der Waals surface area contributed by atoms with Crippen molar-refractivity contribution in [1.82, 2.24) is 9.97 Å². The normalized spacial score (nSPS) is 14.6. The maximum absolute atomic E-state index is 11.5. The molecule has 1 heterocycles. The Hall–Kier alpha value is -1.65. The molecule has 0 radical (unpaired) electrons. The first-order valence-corrected chi connectivity index (χ1v) is 5.52. The molecule has 0 aromatic carbocycles. The van der Waals surface area contributed by atoms with Crippen molar-refractivity contribution in [3.8, 4) is 6.01 Å². The summed E-state index contributed by atoms with van der Waals surface area (Å²) in [5.74, 6) is 0.624. The van der Waals surface area contributed by atoms with E-state index in [1.54, 1.807) is 12.4 Å². The lowest BCUT2D eigenvalue weighted by molar-refractivity contribution is -0.116. The van der Waals surface area contributed by atoms with Gasteiger partial charge in [-0.15, -0.1) is 0 Å². The van der Waals surface area contributed by atoms with E-state index in [-0.39, 0.29) is 5.91 Å². The summed E-state index contributed by atoms with van der Waals surface area (Å²) >= 11 is 0. The first-order chi connectivity index (χ1) is 7.78. The van der Waals surface area contributed by atoms with Crippen molar-refractivity contribution in [1.29, 1.82) is 0 Å². The number of anilines is 1. The quantitative estimate of drug-likeness (QED) is 0.820. The molecule has 0 bridgehead atoms. The van der Waals surface area contributed by atoms with E-state index in [2.05, 4.69) is 15.3 Å². The molecule has 0 saturated heterocycles. The first kappa shape index (κ1) is 10.9. The zero-order chi connectivity index (χ0) is 11.4. The highest BCUT2D eigenvalue weighted by Crippen LogP contribution is 2.32. The second-order valence-electron chi connectivity index (χ2n) is 3.88. The number of carbonyl (C=O) groups excluding carboxylic acids is 1. The third-order valence-corrected chi connectivity index (χ3v) is 2.36. The molecule has 1 saturated carbocycles. The van der Waals surface area contributed by atoms with Crippen molar-refractivity contribution in [2.45, 2.75) is 26.2 Å². The van der Waals surface area contributed by atoms with Crippen LogP contribution in [0.1, 0.15) is 26.2 Å². The maximum atomic E-state index is 11.5. The van der Waals surface area contributed by atoms with Gasteiger partial charge in [0.15, 0.2) is 0 Å². The van der Waals surface area contributed by atoms with Gasteiger partial charge in [-0.05, 0) is 25.7 Å². The molecule has 0 spiro atoms. The molecule has 5 heteroatoms. The monoisotopic (exact) mass is 221 g/mol. The van der Waals surface area contributed by atoms with Crippen LogP contribution in [0.25, 0.3) is 0 Å². The molecule has 1 N–H and O–H groups in total. The molecule has 1 aromatic rings. The van der Waals surface area contributed by atoms with Crippen LogP contribution in [0.3, 0.4) is 0 Å². The predicted octanol–water partition coefficient (Wildman–Crippen LogP) is 1.61. The van der Waals surface area contributed by atoms with Crippen LogP contribution < -0.4 is 10.1 Å². The van der Waals surface area contributed by atoms with Crippen LogP contribution in [-0.4, -0.2) is 22.5 Å². The Kier molecular flexibility index (Phi) is 3.34. The van der Waals surface area contributed by atoms with Gasteiger partial charge in [0.1, 0.15) is 0 Å². The molecular weight excluding hydrogens is 206 g/mol. The molecule has 1 aliphatic rings. The molecule has 16 heavy (non-hydrogen) atoms. The van der Waals surface area contributed by atoms with Crippen molar-refractivity contribution >= 4 is 11.6 Å². The van der Waals surface area contributed by atoms with Gasteiger partial charge in [0.2, 0.25) is 5.91 Å². The Morgan fingerprint density at radius 3 is 2.75 bits per heavy atom. The van der Waals surface area contributed by atoms with E-state index in [0.29, 0.717) is 30.6 Å². The highest BCUT2D eigenvalue weighted by atomic mass is 16.5. The summed E-state index contributed by atoms with van der Waals surface area (Å²) < 4.78 is 5.11. The van der Waals surface area contributed by atoms with Crippen LogP contribution in [0, 0.1) is 5.92 Å². The number of ether oxygens (including phenoxy) is 1. The van der Waals surface area contributed by atoms with E-state index >= 15 is 0 Å². The second-order valence-corrected chi connectivity index (χ2v) is 3.88. The third kappa shape index (κ3) is 3.18. The van der Waals surface area contributed by atoms with Gasteiger partial charge in [-0.25, -0.2) is 9.97 Å². The summed E-state index contributed by atoms with van der Waals surface area (Å²) in [6.45, 7) is 2.40. The van der Waals surface area contributed by atoms with Crippen molar-refractivity contribution in [2.75, 3.05) is 11.9 Å². The van der Waals surface area contributed by atoms with E-state index in [1.165, 1.54) is 12.8 Å². The van der Waals surface area contributed by atoms with Crippen LogP contribution >= 0.6 is 0 Å². The minimum Gasteiger partial charge on any atom is -0.464 e. The molecule has 0 unspecified atom stereocenters. The Morgan fingerprint density at radius 1 is 1.50 bits per heavy atom. The van der Waals surface area contributed by atoms with E-state index in [4.69, 9.17) is 4.74 Å². The Bertz CT molecular complexity index is 360. The molecule has 0 atom stereocenters. The fraction of sp³-hybridized carbons (Fsp3) is 0.545. The van der Waals surface area contributed by atoms with Crippen molar-refractivity contribution in [3.63, 3.8) is 0 Å². The summed E-state index contributed by atoms with van der Waals surface area (Å²) in [5, 5.41) is 2.76. The minimum atomic E-state index is 0.0373. The van der Waals surface area contributed by atoms with Crippen molar-refractivity contribution < 1.29 is 9.53 Å². The topological polar surface area (TPSA) is 64.1 Å². The fourth-order valence-corrected chi connectivity index (χ4v) is 1.38. The standard InChI is InChI=1S/C11H15N3O2/c1-2-16-11-12-6-9(7-13-11)14-10(15)5-8-3-4-8/h6-8H,2-5H2,1H3,(H,14,15). The first-order valence-electron chi connectivity index (χ1n) is 5.52. The fourth-order valence-electron chi connectivity index (χ4n) is 1.38. The number of hydrogen-bond donors (Lipinski definition) is 1. The molecule has 1 amide bonds. The summed E-state index contributed by atoms with van der Waals surface area (Å²) in [6.07, 6.45) is 6.07. The third-order valence-electron chi connectivity index (χ3n) is 2.36. The minimum absolute atomic E-state index is 0.0373. The Morgan fingerprint density at radius 2 is 2.19 bits per heavy atom. The van der Waals surface area contributed by atoms with E-state index in [9.17, 15) is 4.79 Å². The van der Waals surface area contributed by atoms with Crippen LogP contribution in [0.2, 0.25) is 0 Å². The average molecular weight is 221 g/mol. The van der Waals surface area contributed by atoms with E-state index in [0.717, 1.165) is 0 Å². The van der Waals surface area contributed by atoms with Gasteiger partial charge in [0.25, 0.3) is 0 Å². The number of nitrogens with zero attached hydrogens (tertiary/aromatic N) is 2. The largest absolute Gasteiger partial charge is 0.464 e. The number of hydrogen-bond acceptors (Lipinski definition) is 4. The van der Waals surface area contributed by atoms with Gasteiger partial charge in [-0.3, -0.25) is 4.79 Å². The lowest BCUT2D eigenvalue weighted by Crippen LogP contribution is -2.12. The molecule has 1 aliphatic carbocycles. The zero-order valence-corrected chi connectivity index (χ0v) is 9.27. The molecule has 1 fully saturated rings. The molecule has 86 valence electrons. The van der Waals surface area contributed by atoms with Gasteiger partial charge in [0.05, 0.1) is 24.7 Å². The van der Waals surface area contributed by atoms with Crippen LogP contribution in [0.5, 0.6) is 6.01 Å². The van der Waals surface area contributed by atoms with Crippen molar-refractivity contribution in [2.24, 2.45) is 5.92 Å². The summed E-state index contributed by atoms with van der Waals surface area (Å²) in [4.78, 5) is 19.4. The van der Waals surface area contributed by atoms with Gasteiger partial charge in [-0.2, -0.15) is 0 Å². The molecule has 1 aromatic heterocycles. The van der Waals surface area contributed by atoms with Gasteiger partial charge in [0, 0.05) is 6.42 Å². The van der Waals surface area contributed by atoms with E-state index in [1.807, 2.05) is 6.92 Å². The summed E-state index contributed by atoms with van der Waals surface area (Å²) in [5.41, 5.74) is 0.620. The van der Waals surface area contributed by atoms with Crippen molar-refractivity contribution in [3.05, 3.63) is 12.4 Å². The van der Waals surface area contributed by atoms with Gasteiger partial charge < -0.3 is 10.1 Å². The summed E-state index contributed by atoms with van der Waals surface area (Å²) in [7, 11) is 0. The average Bonchev–Trinajstić information content (AvgIpc) is 3.05. The summed E-state index contributed by atoms with van der Waals surface area (Å²) in [6, 6.07) is 0.336. The lowest BCUT2D eigenvalue weighted by Gasteiger charge is -2.04. The molecular formula is C11H15N3O2.